The van der Waals surface area contributed by atoms with Crippen LogP contribution in [0.15, 0.2) is 12.4 Å². The number of hydrogen-bond donors (Lipinski definition) is 2. The molecule has 0 radical (unpaired) electrons. The predicted molar refractivity (Wildman–Crippen MR) is 103 cm³/mol. The third-order valence-corrected chi connectivity index (χ3v) is 5.08. The SMILES string of the molecule is CNc1nc(Nc2cnn(CC(C)(C)N3CCOCC3)c2C)ncc1C(F)(F)F. The van der Waals surface area contributed by atoms with Crippen molar-refractivity contribution in [2.75, 3.05) is 44.0 Å². The predicted octanol–water partition coefficient (Wildman–Crippen LogP) is 2.90. The van der Waals surface area contributed by atoms with E-state index in [-0.39, 0.29) is 17.3 Å². The highest BCUT2D eigenvalue weighted by Crippen LogP contribution is 2.34. The molecule has 0 aliphatic carbocycles. The summed E-state index contributed by atoms with van der Waals surface area (Å²) in [5.41, 5.74) is 0.456. The summed E-state index contributed by atoms with van der Waals surface area (Å²) in [6.07, 6.45) is -2.13. The third kappa shape index (κ3) is 4.78. The van der Waals surface area contributed by atoms with Crippen LogP contribution in [0.3, 0.4) is 0 Å². The average molecular weight is 413 g/mol. The zero-order valence-corrected chi connectivity index (χ0v) is 17.0. The number of hydrogen-bond acceptors (Lipinski definition) is 7. The number of aromatic nitrogens is 4. The van der Waals surface area contributed by atoms with Gasteiger partial charge in [-0.3, -0.25) is 9.58 Å². The van der Waals surface area contributed by atoms with Crippen molar-refractivity contribution in [3.05, 3.63) is 23.7 Å². The lowest BCUT2D eigenvalue weighted by atomic mass is 10.0. The Morgan fingerprint density at radius 2 is 1.86 bits per heavy atom. The zero-order chi connectivity index (χ0) is 21.2. The molecule has 1 saturated heterocycles. The standard InChI is InChI=1S/C18H26F3N7O/c1-12-14(25-16-23-9-13(18(19,20)21)15(22-4)26-16)10-24-28(12)11-17(2,3)27-5-7-29-8-6-27/h9-10H,5-8,11H2,1-4H3,(H2,22,23,25,26). The fourth-order valence-electron chi connectivity index (χ4n) is 3.32. The van der Waals surface area contributed by atoms with Crippen LogP contribution in [0.5, 0.6) is 0 Å². The van der Waals surface area contributed by atoms with Crippen molar-refractivity contribution in [3.63, 3.8) is 0 Å². The summed E-state index contributed by atoms with van der Waals surface area (Å²) >= 11 is 0. The van der Waals surface area contributed by atoms with Crippen LogP contribution >= 0.6 is 0 Å². The first kappa shape index (κ1) is 21.3. The van der Waals surface area contributed by atoms with Crippen LogP contribution in [0.25, 0.3) is 0 Å². The Balaban J connectivity index is 1.76. The van der Waals surface area contributed by atoms with E-state index >= 15 is 0 Å². The van der Waals surface area contributed by atoms with Crippen molar-refractivity contribution in [2.24, 2.45) is 0 Å². The number of halogens is 3. The maximum Gasteiger partial charge on any atom is 0.421 e. The van der Waals surface area contributed by atoms with E-state index < -0.39 is 11.7 Å². The summed E-state index contributed by atoms with van der Waals surface area (Å²) in [6.45, 7) is 10.0. The Kier molecular flexibility index (Phi) is 5.99. The first-order chi connectivity index (χ1) is 13.6. The molecule has 0 spiro atoms. The fourth-order valence-corrected chi connectivity index (χ4v) is 3.32. The second-order valence-electron chi connectivity index (χ2n) is 7.54. The number of ether oxygens (including phenoxy) is 1. The lowest BCUT2D eigenvalue weighted by Crippen LogP contribution is -2.52. The van der Waals surface area contributed by atoms with Gasteiger partial charge >= 0.3 is 6.18 Å². The van der Waals surface area contributed by atoms with Gasteiger partial charge in [-0.2, -0.15) is 23.3 Å². The highest BCUT2D eigenvalue weighted by Gasteiger charge is 2.35. The highest BCUT2D eigenvalue weighted by molar-refractivity contribution is 5.58. The van der Waals surface area contributed by atoms with E-state index in [0.29, 0.717) is 25.4 Å². The van der Waals surface area contributed by atoms with Gasteiger partial charge in [0.2, 0.25) is 5.95 Å². The molecule has 2 aromatic rings. The number of nitrogens with one attached hydrogen (secondary N) is 2. The monoisotopic (exact) mass is 413 g/mol. The highest BCUT2D eigenvalue weighted by atomic mass is 19.4. The van der Waals surface area contributed by atoms with Crippen LogP contribution in [0, 0.1) is 6.92 Å². The number of anilines is 3. The van der Waals surface area contributed by atoms with Gasteiger partial charge in [-0.25, -0.2) is 4.98 Å². The van der Waals surface area contributed by atoms with E-state index in [1.165, 1.54) is 7.05 Å². The van der Waals surface area contributed by atoms with Gasteiger partial charge in [0.15, 0.2) is 0 Å². The summed E-state index contributed by atoms with van der Waals surface area (Å²) in [6, 6.07) is 0. The molecule has 3 rings (SSSR count). The molecular weight excluding hydrogens is 387 g/mol. The maximum absolute atomic E-state index is 13.0. The van der Waals surface area contributed by atoms with Gasteiger partial charge in [0.05, 0.1) is 37.3 Å². The maximum atomic E-state index is 13.0. The van der Waals surface area contributed by atoms with E-state index in [2.05, 4.69) is 44.4 Å². The molecule has 0 aromatic carbocycles. The molecule has 0 amide bonds. The summed E-state index contributed by atoms with van der Waals surface area (Å²) in [4.78, 5) is 10.1. The normalized spacial score (nSPS) is 16.1. The summed E-state index contributed by atoms with van der Waals surface area (Å²) in [5, 5.41) is 9.87. The topological polar surface area (TPSA) is 80.1 Å². The largest absolute Gasteiger partial charge is 0.421 e. The minimum atomic E-state index is -4.53. The van der Waals surface area contributed by atoms with Crippen molar-refractivity contribution >= 4 is 17.5 Å². The lowest BCUT2D eigenvalue weighted by Gasteiger charge is -2.40. The van der Waals surface area contributed by atoms with Gasteiger partial charge in [-0.05, 0) is 20.8 Å². The van der Waals surface area contributed by atoms with Gasteiger partial charge in [-0.1, -0.05) is 0 Å². The van der Waals surface area contributed by atoms with E-state index in [0.717, 1.165) is 25.0 Å². The quantitative estimate of drug-likeness (QED) is 0.754. The van der Waals surface area contributed by atoms with Crippen LogP contribution in [0.1, 0.15) is 25.1 Å². The Bertz CT molecular complexity index is 844. The van der Waals surface area contributed by atoms with Crippen LogP contribution in [-0.4, -0.2) is 63.5 Å². The number of nitrogens with zero attached hydrogens (tertiary/aromatic N) is 5. The minimum absolute atomic E-state index is 0.0671. The summed E-state index contributed by atoms with van der Waals surface area (Å²) < 4.78 is 46.3. The third-order valence-electron chi connectivity index (χ3n) is 5.08. The molecule has 1 fully saturated rings. The van der Waals surface area contributed by atoms with Gasteiger partial charge in [-0.15, -0.1) is 0 Å². The Hall–Kier alpha value is -2.40. The molecule has 3 heterocycles. The first-order valence-electron chi connectivity index (χ1n) is 9.36. The van der Waals surface area contributed by atoms with Crippen molar-refractivity contribution in [1.29, 1.82) is 0 Å². The number of alkyl halides is 3. The van der Waals surface area contributed by atoms with E-state index in [4.69, 9.17) is 4.74 Å². The average Bonchev–Trinajstić information content (AvgIpc) is 3.00. The molecule has 2 aromatic heterocycles. The zero-order valence-electron chi connectivity index (χ0n) is 17.0. The van der Waals surface area contributed by atoms with E-state index in [1.54, 1.807) is 6.20 Å². The molecule has 0 atom stereocenters. The van der Waals surface area contributed by atoms with Crippen LogP contribution in [0.2, 0.25) is 0 Å². The Labute approximate surface area is 167 Å². The van der Waals surface area contributed by atoms with Gasteiger partial charge in [0.1, 0.15) is 11.4 Å². The molecule has 8 nitrogen and oxygen atoms in total. The van der Waals surface area contributed by atoms with Crippen molar-refractivity contribution in [3.8, 4) is 0 Å². The smallest absolute Gasteiger partial charge is 0.379 e. The molecule has 160 valence electrons. The molecular formula is C18H26F3N7O. The van der Waals surface area contributed by atoms with Crippen molar-refractivity contribution in [2.45, 2.75) is 39.0 Å². The fraction of sp³-hybridized carbons (Fsp3) is 0.611. The minimum Gasteiger partial charge on any atom is -0.379 e. The molecule has 1 aliphatic heterocycles. The van der Waals surface area contributed by atoms with Gasteiger partial charge < -0.3 is 15.4 Å². The molecule has 11 heteroatoms. The van der Waals surface area contributed by atoms with Crippen LogP contribution < -0.4 is 10.6 Å². The first-order valence-corrected chi connectivity index (χ1v) is 9.36. The Morgan fingerprint density at radius 1 is 1.17 bits per heavy atom. The van der Waals surface area contributed by atoms with Gasteiger partial charge in [0, 0.05) is 31.9 Å². The Morgan fingerprint density at radius 3 is 2.48 bits per heavy atom. The summed E-state index contributed by atoms with van der Waals surface area (Å²) in [5.74, 6) is -0.217. The van der Waals surface area contributed by atoms with Crippen LogP contribution in [0.4, 0.5) is 30.6 Å². The number of rotatable bonds is 6. The molecule has 0 saturated carbocycles. The molecule has 0 bridgehead atoms. The van der Waals surface area contributed by atoms with Crippen molar-refractivity contribution in [1.82, 2.24) is 24.6 Å². The van der Waals surface area contributed by atoms with Gasteiger partial charge in [0.25, 0.3) is 0 Å². The van der Waals surface area contributed by atoms with E-state index in [9.17, 15) is 13.2 Å². The lowest BCUT2D eigenvalue weighted by molar-refractivity contribution is -0.137. The van der Waals surface area contributed by atoms with Crippen LogP contribution in [-0.2, 0) is 17.5 Å². The summed E-state index contributed by atoms with van der Waals surface area (Å²) in [7, 11) is 1.39. The van der Waals surface area contributed by atoms with Crippen molar-refractivity contribution < 1.29 is 17.9 Å². The second-order valence-corrected chi connectivity index (χ2v) is 7.54. The number of morpholine rings is 1. The molecule has 1 aliphatic rings. The molecule has 29 heavy (non-hydrogen) atoms. The second kappa shape index (κ2) is 8.15. The van der Waals surface area contributed by atoms with E-state index in [1.807, 2.05) is 11.6 Å². The molecule has 2 N–H and O–H groups in total. The molecule has 0 unspecified atom stereocenters.